The lowest BCUT2D eigenvalue weighted by atomic mass is 9.99. The number of fused-ring (bicyclic) bond motifs is 1. The van der Waals surface area contributed by atoms with E-state index in [1.165, 1.54) is 0 Å². The van der Waals surface area contributed by atoms with E-state index in [1.54, 1.807) is 13.2 Å². The lowest BCUT2D eigenvalue weighted by Crippen LogP contribution is -2.27. The van der Waals surface area contributed by atoms with E-state index in [2.05, 4.69) is 20.5 Å². The van der Waals surface area contributed by atoms with Gasteiger partial charge in [0.25, 0.3) is 5.91 Å². The Bertz CT molecular complexity index is 756. The number of rotatable bonds is 4. The number of hydrogen-bond donors (Lipinski definition) is 2. The van der Waals surface area contributed by atoms with E-state index >= 15 is 0 Å². The maximum absolute atomic E-state index is 12.5. The van der Waals surface area contributed by atoms with Crippen LogP contribution in [0.4, 0.5) is 0 Å². The third-order valence-corrected chi connectivity index (χ3v) is 4.27. The predicted molar refractivity (Wildman–Crippen MR) is 87.9 cm³/mol. The van der Waals surface area contributed by atoms with Crippen molar-refractivity contribution in [1.29, 1.82) is 0 Å². The number of carbonyl (C=O) groups is 1. The summed E-state index contributed by atoms with van der Waals surface area (Å²) in [4.78, 5) is 16.8. The van der Waals surface area contributed by atoms with Gasteiger partial charge in [-0.25, -0.2) is 4.98 Å². The van der Waals surface area contributed by atoms with Gasteiger partial charge in [-0.05, 0) is 26.3 Å². The summed E-state index contributed by atoms with van der Waals surface area (Å²) in [6.07, 6.45) is 0.678. The summed E-state index contributed by atoms with van der Waals surface area (Å²) in [5.41, 5.74) is 4.06. The maximum atomic E-state index is 12.5. The summed E-state index contributed by atoms with van der Waals surface area (Å²) < 4.78 is 10.8. The molecule has 7 heteroatoms. The number of hydrogen-bond acceptors (Lipinski definition) is 5. The number of amides is 1. The van der Waals surface area contributed by atoms with E-state index < -0.39 is 0 Å². The molecule has 0 saturated heterocycles. The third-order valence-electron chi connectivity index (χ3n) is 4.27. The van der Waals surface area contributed by atoms with Gasteiger partial charge in [-0.3, -0.25) is 9.89 Å². The molecule has 128 valence electrons. The number of ether oxygens (including phenoxy) is 2. The standard InChI is InChI=1S/C17H22N4O3/c1-9-7-13-15(11(3)24-9)20-21-16(13)17(22)18-8-12-5-6-14(23-4)19-10(12)2/h5-6,9,11H,7-8H2,1-4H3,(H,18,22)(H,20,21)/t9-,11+/m0/s1. The molecule has 0 spiro atoms. The summed E-state index contributed by atoms with van der Waals surface area (Å²) in [5, 5.41) is 10.0. The van der Waals surface area contributed by atoms with Crippen molar-refractivity contribution < 1.29 is 14.3 Å². The molecular formula is C17H22N4O3. The fourth-order valence-corrected chi connectivity index (χ4v) is 2.99. The van der Waals surface area contributed by atoms with Gasteiger partial charge < -0.3 is 14.8 Å². The molecule has 0 aromatic carbocycles. The first kappa shape index (κ1) is 16.4. The Morgan fingerprint density at radius 2 is 2.25 bits per heavy atom. The molecule has 2 atom stereocenters. The minimum Gasteiger partial charge on any atom is -0.481 e. The molecule has 0 radical (unpaired) electrons. The zero-order valence-corrected chi connectivity index (χ0v) is 14.3. The number of aryl methyl sites for hydroxylation is 1. The van der Waals surface area contributed by atoms with E-state index in [9.17, 15) is 4.79 Å². The van der Waals surface area contributed by atoms with Gasteiger partial charge in [0.05, 0.1) is 25.0 Å². The molecule has 1 aliphatic rings. The molecule has 2 aromatic rings. The third kappa shape index (κ3) is 3.12. The van der Waals surface area contributed by atoms with E-state index in [0.717, 1.165) is 22.5 Å². The van der Waals surface area contributed by atoms with Crippen LogP contribution in [0.1, 0.15) is 53.0 Å². The smallest absolute Gasteiger partial charge is 0.272 e. The van der Waals surface area contributed by atoms with Crippen LogP contribution in [-0.4, -0.2) is 34.3 Å². The molecule has 2 N–H and O–H groups in total. The minimum atomic E-state index is -0.191. The SMILES string of the molecule is COc1ccc(CNC(=O)c2n[nH]c3c2C[C@H](C)O[C@@H]3C)c(C)n1. The topological polar surface area (TPSA) is 89.1 Å². The molecule has 2 aromatic heterocycles. The average Bonchev–Trinajstić information content (AvgIpc) is 2.97. The number of H-pyrrole nitrogens is 1. The molecule has 1 aliphatic heterocycles. The highest BCUT2D eigenvalue weighted by atomic mass is 16.5. The molecule has 3 rings (SSSR count). The van der Waals surface area contributed by atoms with E-state index in [-0.39, 0.29) is 18.1 Å². The van der Waals surface area contributed by atoms with Crippen LogP contribution in [-0.2, 0) is 17.7 Å². The number of nitrogens with one attached hydrogen (secondary N) is 2. The van der Waals surface area contributed by atoms with E-state index in [1.807, 2.05) is 26.8 Å². The van der Waals surface area contributed by atoms with Gasteiger partial charge >= 0.3 is 0 Å². The summed E-state index contributed by atoms with van der Waals surface area (Å²) in [7, 11) is 1.58. The molecular weight excluding hydrogens is 308 g/mol. The number of aromatic amines is 1. The predicted octanol–water partition coefficient (Wildman–Crippen LogP) is 2.07. The van der Waals surface area contributed by atoms with Crippen LogP contribution in [0, 0.1) is 6.92 Å². The van der Waals surface area contributed by atoms with Crippen LogP contribution >= 0.6 is 0 Å². The monoisotopic (exact) mass is 330 g/mol. The lowest BCUT2D eigenvalue weighted by molar-refractivity contribution is -0.00697. The average molecular weight is 330 g/mol. The first-order chi connectivity index (χ1) is 11.5. The molecule has 0 saturated carbocycles. The quantitative estimate of drug-likeness (QED) is 0.896. The van der Waals surface area contributed by atoms with Crippen molar-refractivity contribution in [2.75, 3.05) is 7.11 Å². The van der Waals surface area contributed by atoms with Crippen LogP contribution in [0.5, 0.6) is 5.88 Å². The maximum Gasteiger partial charge on any atom is 0.272 e. The molecule has 24 heavy (non-hydrogen) atoms. The summed E-state index contributed by atoms with van der Waals surface area (Å²) in [6.45, 7) is 6.24. The van der Waals surface area contributed by atoms with Crippen molar-refractivity contribution in [3.8, 4) is 5.88 Å². The second kappa shape index (κ2) is 6.60. The van der Waals surface area contributed by atoms with Gasteiger partial charge in [0.1, 0.15) is 0 Å². The summed E-state index contributed by atoms with van der Waals surface area (Å²) in [5.74, 6) is 0.371. The minimum absolute atomic E-state index is 0.0738. The number of methoxy groups -OCH3 is 1. The number of aromatic nitrogens is 3. The van der Waals surface area contributed by atoms with Gasteiger partial charge in [-0.15, -0.1) is 0 Å². The first-order valence-corrected chi connectivity index (χ1v) is 8.01. The van der Waals surface area contributed by atoms with Crippen molar-refractivity contribution >= 4 is 5.91 Å². The summed E-state index contributed by atoms with van der Waals surface area (Å²) >= 11 is 0. The molecule has 1 amide bonds. The van der Waals surface area contributed by atoms with Crippen molar-refractivity contribution in [2.45, 2.75) is 45.9 Å². The Kier molecular flexibility index (Phi) is 4.53. The highest BCUT2D eigenvalue weighted by Gasteiger charge is 2.29. The van der Waals surface area contributed by atoms with Gasteiger partial charge in [0.15, 0.2) is 5.69 Å². The normalized spacial score (nSPS) is 19.7. The van der Waals surface area contributed by atoms with Gasteiger partial charge in [-0.1, -0.05) is 6.07 Å². The van der Waals surface area contributed by atoms with Gasteiger partial charge in [0, 0.05) is 30.3 Å². The molecule has 0 bridgehead atoms. The van der Waals surface area contributed by atoms with Crippen molar-refractivity contribution in [2.24, 2.45) is 0 Å². The van der Waals surface area contributed by atoms with Gasteiger partial charge in [0.2, 0.25) is 5.88 Å². The number of carbonyl (C=O) groups excluding carboxylic acids is 1. The van der Waals surface area contributed by atoms with Crippen LogP contribution in [0.15, 0.2) is 12.1 Å². The molecule has 0 aliphatic carbocycles. The number of pyridine rings is 1. The lowest BCUT2D eigenvalue weighted by Gasteiger charge is -2.25. The van der Waals surface area contributed by atoms with Crippen LogP contribution < -0.4 is 10.1 Å². The van der Waals surface area contributed by atoms with Crippen LogP contribution in [0.25, 0.3) is 0 Å². The Morgan fingerprint density at radius 1 is 1.46 bits per heavy atom. The highest BCUT2D eigenvalue weighted by molar-refractivity contribution is 5.94. The molecule has 0 fully saturated rings. The van der Waals surface area contributed by atoms with E-state index in [0.29, 0.717) is 24.5 Å². The first-order valence-electron chi connectivity index (χ1n) is 8.01. The van der Waals surface area contributed by atoms with Crippen molar-refractivity contribution in [3.63, 3.8) is 0 Å². The summed E-state index contributed by atoms with van der Waals surface area (Å²) in [6, 6.07) is 3.69. The molecule has 7 nitrogen and oxygen atoms in total. The Balaban J connectivity index is 1.72. The van der Waals surface area contributed by atoms with Gasteiger partial charge in [-0.2, -0.15) is 5.10 Å². The Morgan fingerprint density at radius 3 is 2.96 bits per heavy atom. The largest absolute Gasteiger partial charge is 0.481 e. The fraction of sp³-hybridized carbons (Fsp3) is 0.471. The zero-order valence-electron chi connectivity index (χ0n) is 14.3. The molecule has 0 unspecified atom stereocenters. The molecule has 3 heterocycles. The second-order valence-corrected chi connectivity index (χ2v) is 6.04. The van der Waals surface area contributed by atoms with Crippen molar-refractivity contribution in [3.05, 3.63) is 40.3 Å². The second-order valence-electron chi connectivity index (χ2n) is 6.04. The van der Waals surface area contributed by atoms with Crippen LogP contribution in [0.3, 0.4) is 0 Å². The Hall–Kier alpha value is -2.41. The van der Waals surface area contributed by atoms with Crippen molar-refractivity contribution in [1.82, 2.24) is 20.5 Å². The van der Waals surface area contributed by atoms with E-state index in [4.69, 9.17) is 9.47 Å². The Labute approximate surface area is 140 Å². The van der Waals surface area contributed by atoms with Crippen LogP contribution in [0.2, 0.25) is 0 Å². The number of nitrogens with zero attached hydrogens (tertiary/aromatic N) is 2. The fourth-order valence-electron chi connectivity index (χ4n) is 2.99. The zero-order chi connectivity index (χ0) is 17.3. The highest BCUT2D eigenvalue weighted by Crippen LogP contribution is 2.30.